The summed E-state index contributed by atoms with van der Waals surface area (Å²) in [5, 5.41) is 9.93. The van der Waals surface area contributed by atoms with Gasteiger partial charge in [0.1, 0.15) is 5.75 Å². The maximum atomic E-state index is 9.93. The van der Waals surface area contributed by atoms with Gasteiger partial charge in [-0.3, -0.25) is 4.90 Å². The number of rotatable bonds is 2. The zero-order chi connectivity index (χ0) is 14.5. The van der Waals surface area contributed by atoms with Crippen LogP contribution in [0.1, 0.15) is 25.8 Å². The van der Waals surface area contributed by atoms with E-state index in [2.05, 4.69) is 58.8 Å². The molecule has 1 aromatic carbocycles. The molecule has 1 aromatic rings. The first-order valence-electron chi connectivity index (χ1n) is 7.10. The van der Waals surface area contributed by atoms with Gasteiger partial charge in [0.15, 0.2) is 0 Å². The van der Waals surface area contributed by atoms with E-state index in [4.69, 9.17) is 0 Å². The highest BCUT2D eigenvalue weighted by Crippen LogP contribution is 2.54. The number of aromatic hydroxyl groups is 1. The maximum absolute atomic E-state index is 9.93. The lowest BCUT2D eigenvalue weighted by molar-refractivity contribution is 0.244. The average molecular weight is 337 g/mol. The van der Waals surface area contributed by atoms with Crippen LogP contribution in [0.15, 0.2) is 28.8 Å². The molecule has 0 saturated carbocycles. The molecule has 0 amide bonds. The average Bonchev–Trinajstić information content (AvgIpc) is 2.82. The predicted molar refractivity (Wildman–Crippen MR) is 86.4 cm³/mol. The van der Waals surface area contributed by atoms with Crippen molar-refractivity contribution in [2.75, 3.05) is 25.0 Å². The molecule has 0 spiro atoms. The highest BCUT2D eigenvalue weighted by atomic mass is 79.9. The number of fused-ring (bicyclic) bond motifs is 3. The van der Waals surface area contributed by atoms with Crippen LogP contribution >= 0.6 is 15.9 Å². The molecule has 0 bridgehead atoms. The first kappa shape index (κ1) is 14.0. The second kappa shape index (κ2) is 4.78. The van der Waals surface area contributed by atoms with Crippen molar-refractivity contribution in [2.45, 2.75) is 31.8 Å². The summed E-state index contributed by atoms with van der Waals surface area (Å²) in [7, 11) is 2.16. The summed E-state index contributed by atoms with van der Waals surface area (Å²) >= 11 is 3.61. The maximum Gasteiger partial charge on any atom is 0.117 e. The quantitative estimate of drug-likeness (QED) is 0.837. The molecular weight excluding hydrogens is 316 g/mol. The monoisotopic (exact) mass is 336 g/mol. The molecule has 2 heterocycles. The first-order chi connectivity index (χ1) is 9.49. The lowest BCUT2D eigenvalue weighted by Gasteiger charge is -2.34. The number of likely N-dealkylation sites (N-methyl/N-ethyl adjacent to an activating group) is 1. The smallest absolute Gasteiger partial charge is 0.117 e. The number of benzene rings is 1. The van der Waals surface area contributed by atoms with Crippen molar-refractivity contribution in [3.8, 4) is 5.75 Å². The Morgan fingerprint density at radius 1 is 1.50 bits per heavy atom. The molecule has 0 radical (unpaired) electrons. The number of likely N-dealkylation sites (tertiary alicyclic amines) is 1. The molecule has 108 valence electrons. The van der Waals surface area contributed by atoms with E-state index in [0.29, 0.717) is 11.9 Å². The van der Waals surface area contributed by atoms with E-state index in [9.17, 15) is 5.11 Å². The fraction of sp³-hybridized carbons (Fsp3) is 0.500. The van der Waals surface area contributed by atoms with Crippen molar-refractivity contribution in [3.63, 3.8) is 0 Å². The third kappa shape index (κ3) is 1.81. The number of hydrogen-bond donors (Lipinski definition) is 1. The Morgan fingerprint density at radius 3 is 2.95 bits per heavy atom. The number of allylic oxidation sites excluding steroid dienone is 1. The molecule has 1 N–H and O–H groups in total. The van der Waals surface area contributed by atoms with Gasteiger partial charge in [0, 0.05) is 30.0 Å². The molecule has 20 heavy (non-hydrogen) atoms. The number of hydrogen-bond acceptors (Lipinski definition) is 3. The molecule has 2 aliphatic rings. The molecule has 4 heteroatoms. The van der Waals surface area contributed by atoms with E-state index in [1.54, 1.807) is 6.07 Å². The normalized spacial score (nSPS) is 29.2. The van der Waals surface area contributed by atoms with E-state index in [1.807, 2.05) is 6.07 Å². The molecule has 2 atom stereocenters. The second-order valence-corrected chi connectivity index (χ2v) is 6.89. The fourth-order valence-corrected chi connectivity index (χ4v) is 4.64. The van der Waals surface area contributed by atoms with Gasteiger partial charge in [0.05, 0.1) is 11.9 Å². The summed E-state index contributed by atoms with van der Waals surface area (Å²) < 4.78 is 0.983. The highest BCUT2D eigenvalue weighted by Gasteiger charge is 2.53. The molecule has 0 aliphatic carbocycles. The number of phenolic OH excluding ortho intramolecular Hbond substituents is 1. The summed E-state index contributed by atoms with van der Waals surface area (Å²) in [5.41, 5.74) is 2.58. The largest absolute Gasteiger partial charge is 0.508 e. The Hall–Kier alpha value is -1.00. The van der Waals surface area contributed by atoms with Crippen molar-refractivity contribution in [1.82, 2.24) is 4.90 Å². The summed E-state index contributed by atoms with van der Waals surface area (Å²) in [5.74, 6) is 0.345. The van der Waals surface area contributed by atoms with Gasteiger partial charge in [0.25, 0.3) is 0 Å². The Kier molecular flexibility index (Phi) is 3.33. The Bertz CT molecular complexity index is 572. The van der Waals surface area contributed by atoms with Crippen LogP contribution in [0.4, 0.5) is 5.69 Å². The van der Waals surface area contributed by atoms with E-state index in [0.717, 1.165) is 24.0 Å². The number of anilines is 1. The summed E-state index contributed by atoms with van der Waals surface area (Å²) in [6.07, 6.45) is 5.82. The number of nitrogens with zero attached hydrogens (tertiary/aromatic N) is 2. The van der Waals surface area contributed by atoms with Crippen molar-refractivity contribution in [2.24, 2.45) is 0 Å². The Balaban J connectivity index is 2.07. The van der Waals surface area contributed by atoms with Gasteiger partial charge in [-0.15, -0.1) is 0 Å². The van der Waals surface area contributed by atoms with E-state index >= 15 is 0 Å². The van der Waals surface area contributed by atoms with Crippen LogP contribution in [0.3, 0.4) is 0 Å². The van der Waals surface area contributed by atoms with Crippen LogP contribution in [-0.2, 0) is 5.41 Å². The SMILES string of the molecule is C/C=C/CN1CC[C@@]2(C)c3cc(O)cc(Br)c3N(C)[C@@H]12. The number of phenols is 1. The summed E-state index contributed by atoms with van der Waals surface area (Å²) in [6.45, 7) is 6.47. The standard InChI is InChI=1S/C16H21BrN2O/c1-4-5-7-19-8-6-16(2)12-9-11(20)10-13(17)14(12)18(3)15(16)19/h4-5,9-10,15,20H,6-8H2,1-3H3/b5-4+/t15-,16-/m0/s1. The van der Waals surface area contributed by atoms with Crippen molar-refractivity contribution >= 4 is 21.6 Å². The molecule has 3 rings (SSSR count). The van der Waals surface area contributed by atoms with Crippen molar-refractivity contribution in [3.05, 3.63) is 34.3 Å². The second-order valence-electron chi connectivity index (χ2n) is 6.04. The van der Waals surface area contributed by atoms with Crippen LogP contribution in [0.25, 0.3) is 0 Å². The van der Waals surface area contributed by atoms with Crippen LogP contribution in [0.2, 0.25) is 0 Å². The van der Waals surface area contributed by atoms with E-state index in [1.165, 1.54) is 11.3 Å². The lowest BCUT2D eigenvalue weighted by Crippen LogP contribution is -2.47. The molecule has 0 unspecified atom stereocenters. The van der Waals surface area contributed by atoms with Crippen molar-refractivity contribution < 1.29 is 5.11 Å². The van der Waals surface area contributed by atoms with Gasteiger partial charge >= 0.3 is 0 Å². The molecule has 1 saturated heterocycles. The zero-order valence-electron chi connectivity index (χ0n) is 12.2. The van der Waals surface area contributed by atoms with Gasteiger partial charge < -0.3 is 10.0 Å². The van der Waals surface area contributed by atoms with Crippen molar-refractivity contribution in [1.29, 1.82) is 0 Å². The van der Waals surface area contributed by atoms with E-state index < -0.39 is 0 Å². The fourth-order valence-electron chi connectivity index (χ4n) is 3.91. The summed E-state index contributed by atoms with van der Waals surface area (Å²) in [6, 6.07) is 3.73. The third-order valence-electron chi connectivity index (χ3n) is 4.79. The minimum Gasteiger partial charge on any atom is -0.508 e. The van der Waals surface area contributed by atoms with Gasteiger partial charge in [-0.05, 0) is 47.0 Å². The van der Waals surface area contributed by atoms with Crippen LogP contribution in [-0.4, -0.2) is 36.3 Å². The van der Waals surface area contributed by atoms with Crippen LogP contribution in [0.5, 0.6) is 5.75 Å². The predicted octanol–water partition coefficient (Wildman–Crippen LogP) is 3.47. The van der Waals surface area contributed by atoms with Gasteiger partial charge in [0.2, 0.25) is 0 Å². The Labute approximate surface area is 129 Å². The zero-order valence-corrected chi connectivity index (χ0v) is 13.8. The highest BCUT2D eigenvalue weighted by molar-refractivity contribution is 9.10. The van der Waals surface area contributed by atoms with Gasteiger partial charge in [-0.2, -0.15) is 0 Å². The molecule has 1 fully saturated rings. The minimum absolute atomic E-state index is 0.0902. The molecule has 3 nitrogen and oxygen atoms in total. The molecule has 2 aliphatic heterocycles. The van der Waals surface area contributed by atoms with Crippen LogP contribution in [0, 0.1) is 0 Å². The number of halogens is 1. The van der Waals surface area contributed by atoms with E-state index in [-0.39, 0.29) is 5.41 Å². The third-order valence-corrected chi connectivity index (χ3v) is 5.40. The molecule has 0 aromatic heterocycles. The minimum atomic E-state index is 0.0902. The Morgan fingerprint density at radius 2 is 2.25 bits per heavy atom. The van der Waals surface area contributed by atoms with Gasteiger partial charge in [-0.1, -0.05) is 19.1 Å². The van der Waals surface area contributed by atoms with Crippen LogP contribution < -0.4 is 4.90 Å². The lowest BCUT2D eigenvalue weighted by atomic mass is 9.81. The first-order valence-corrected chi connectivity index (χ1v) is 7.89. The molecular formula is C16H21BrN2O. The summed E-state index contributed by atoms with van der Waals surface area (Å²) in [4.78, 5) is 4.87. The van der Waals surface area contributed by atoms with Gasteiger partial charge in [-0.25, -0.2) is 0 Å². The topological polar surface area (TPSA) is 26.7 Å².